The molecule has 0 aromatic heterocycles. The SMILES string of the molecule is CC(C)CCC1CCCCC1C(=O)O. The molecule has 2 unspecified atom stereocenters. The predicted molar refractivity (Wildman–Crippen MR) is 57.2 cm³/mol. The van der Waals surface area contributed by atoms with Gasteiger partial charge in [-0.05, 0) is 31.1 Å². The van der Waals surface area contributed by atoms with Crippen molar-refractivity contribution in [3.8, 4) is 0 Å². The quantitative estimate of drug-likeness (QED) is 0.752. The van der Waals surface area contributed by atoms with Gasteiger partial charge in [0.1, 0.15) is 0 Å². The Kier molecular flexibility index (Phi) is 4.43. The van der Waals surface area contributed by atoms with Crippen molar-refractivity contribution in [3.05, 3.63) is 0 Å². The summed E-state index contributed by atoms with van der Waals surface area (Å²) < 4.78 is 0. The average molecular weight is 198 g/mol. The fraction of sp³-hybridized carbons (Fsp3) is 0.917. The van der Waals surface area contributed by atoms with Crippen molar-refractivity contribution in [3.63, 3.8) is 0 Å². The molecule has 1 rings (SSSR count). The van der Waals surface area contributed by atoms with Gasteiger partial charge in [0.2, 0.25) is 0 Å². The molecule has 82 valence electrons. The molecule has 0 aromatic rings. The Morgan fingerprint density at radius 3 is 2.57 bits per heavy atom. The maximum atomic E-state index is 11.0. The molecule has 0 aliphatic heterocycles. The van der Waals surface area contributed by atoms with Gasteiger partial charge in [-0.3, -0.25) is 4.79 Å². The van der Waals surface area contributed by atoms with Crippen LogP contribution in [-0.2, 0) is 4.79 Å². The van der Waals surface area contributed by atoms with Crippen LogP contribution in [0.15, 0.2) is 0 Å². The second-order valence-corrected chi connectivity index (χ2v) is 4.96. The molecular formula is C12H22O2. The van der Waals surface area contributed by atoms with Crippen molar-refractivity contribution in [2.45, 2.75) is 52.4 Å². The molecule has 0 aromatic carbocycles. The highest BCUT2D eigenvalue weighted by Gasteiger charge is 2.30. The van der Waals surface area contributed by atoms with Gasteiger partial charge in [0.05, 0.1) is 5.92 Å². The van der Waals surface area contributed by atoms with Crippen LogP contribution >= 0.6 is 0 Å². The van der Waals surface area contributed by atoms with E-state index in [4.69, 9.17) is 5.11 Å². The van der Waals surface area contributed by atoms with Gasteiger partial charge >= 0.3 is 5.97 Å². The van der Waals surface area contributed by atoms with Gasteiger partial charge in [-0.25, -0.2) is 0 Å². The van der Waals surface area contributed by atoms with Crippen molar-refractivity contribution in [2.24, 2.45) is 17.8 Å². The fourth-order valence-electron chi connectivity index (χ4n) is 2.43. The summed E-state index contributed by atoms with van der Waals surface area (Å²) in [4.78, 5) is 11.0. The highest BCUT2D eigenvalue weighted by molar-refractivity contribution is 5.70. The van der Waals surface area contributed by atoms with Gasteiger partial charge in [-0.15, -0.1) is 0 Å². The van der Waals surface area contributed by atoms with Crippen molar-refractivity contribution in [1.82, 2.24) is 0 Å². The molecule has 0 radical (unpaired) electrons. The lowest BCUT2D eigenvalue weighted by Crippen LogP contribution is -2.27. The highest BCUT2D eigenvalue weighted by Crippen LogP contribution is 2.34. The minimum Gasteiger partial charge on any atom is -0.481 e. The zero-order chi connectivity index (χ0) is 10.6. The molecular weight excluding hydrogens is 176 g/mol. The van der Waals surface area contributed by atoms with E-state index in [1.54, 1.807) is 0 Å². The molecule has 2 heteroatoms. The van der Waals surface area contributed by atoms with E-state index in [1.807, 2.05) is 0 Å². The van der Waals surface area contributed by atoms with Crippen molar-refractivity contribution in [1.29, 1.82) is 0 Å². The van der Waals surface area contributed by atoms with E-state index in [0.717, 1.165) is 25.7 Å². The minimum absolute atomic E-state index is 0.0532. The summed E-state index contributed by atoms with van der Waals surface area (Å²) in [6, 6.07) is 0. The van der Waals surface area contributed by atoms with Gasteiger partial charge in [-0.1, -0.05) is 33.1 Å². The van der Waals surface area contributed by atoms with E-state index < -0.39 is 5.97 Å². The molecule has 1 saturated carbocycles. The molecule has 0 amide bonds. The van der Waals surface area contributed by atoms with Gasteiger partial charge < -0.3 is 5.11 Å². The Labute approximate surface area is 86.7 Å². The van der Waals surface area contributed by atoms with Crippen molar-refractivity contribution in [2.75, 3.05) is 0 Å². The van der Waals surface area contributed by atoms with Gasteiger partial charge in [0, 0.05) is 0 Å². The van der Waals surface area contributed by atoms with E-state index in [9.17, 15) is 4.79 Å². The van der Waals surface area contributed by atoms with Crippen molar-refractivity contribution < 1.29 is 9.90 Å². The normalized spacial score (nSPS) is 27.9. The molecule has 1 aliphatic carbocycles. The molecule has 0 saturated heterocycles. The summed E-state index contributed by atoms with van der Waals surface area (Å²) in [5, 5.41) is 9.07. The van der Waals surface area contributed by atoms with Gasteiger partial charge in [0.15, 0.2) is 0 Å². The standard InChI is InChI=1S/C12H22O2/c1-9(2)7-8-10-5-3-4-6-11(10)12(13)14/h9-11H,3-8H2,1-2H3,(H,13,14). The number of hydrogen-bond acceptors (Lipinski definition) is 1. The van der Waals surface area contributed by atoms with Crippen LogP contribution in [0.4, 0.5) is 0 Å². The second kappa shape index (κ2) is 5.38. The fourth-order valence-corrected chi connectivity index (χ4v) is 2.43. The van der Waals surface area contributed by atoms with E-state index in [1.165, 1.54) is 12.8 Å². The zero-order valence-corrected chi connectivity index (χ0v) is 9.33. The summed E-state index contributed by atoms with van der Waals surface area (Å²) >= 11 is 0. The molecule has 2 nitrogen and oxygen atoms in total. The number of rotatable bonds is 4. The zero-order valence-electron chi connectivity index (χ0n) is 9.33. The Morgan fingerprint density at radius 1 is 1.36 bits per heavy atom. The molecule has 2 atom stereocenters. The first kappa shape index (κ1) is 11.5. The Balaban J connectivity index is 2.42. The van der Waals surface area contributed by atoms with Gasteiger partial charge in [-0.2, -0.15) is 0 Å². The van der Waals surface area contributed by atoms with E-state index in [0.29, 0.717) is 11.8 Å². The van der Waals surface area contributed by atoms with Crippen LogP contribution in [0.25, 0.3) is 0 Å². The molecule has 1 fully saturated rings. The first-order chi connectivity index (χ1) is 6.61. The first-order valence-electron chi connectivity index (χ1n) is 5.84. The first-order valence-corrected chi connectivity index (χ1v) is 5.84. The van der Waals surface area contributed by atoms with Crippen LogP contribution in [0.2, 0.25) is 0 Å². The molecule has 0 spiro atoms. The number of aliphatic carboxylic acids is 1. The van der Waals surface area contributed by atoms with Crippen LogP contribution in [-0.4, -0.2) is 11.1 Å². The van der Waals surface area contributed by atoms with E-state index >= 15 is 0 Å². The number of carboxylic acids is 1. The number of carbonyl (C=O) groups is 1. The van der Waals surface area contributed by atoms with Crippen LogP contribution < -0.4 is 0 Å². The molecule has 0 heterocycles. The summed E-state index contributed by atoms with van der Waals surface area (Å²) in [6.45, 7) is 4.41. The Morgan fingerprint density at radius 2 is 2.00 bits per heavy atom. The smallest absolute Gasteiger partial charge is 0.306 e. The Hall–Kier alpha value is -0.530. The summed E-state index contributed by atoms with van der Waals surface area (Å²) in [7, 11) is 0. The third-order valence-electron chi connectivity index (χ3n) is 3.34. The summed E-state index contributed by atoms with van der Waals surface area (Å²) in [5.74, 6) is 0.524. The maximum Gasteiger partial charge on any atom is 0.306 e. The monoisotopic (exact) mass is 198 g/mol. The van der Waals surface area contributed by atoms with Crippen LogP contribution in [0.3, 0.4) is 0 Å². The molecule has 0 bridgehead atoms. The highest BCUT2D eigenvalue weighted by atomic mass is 16.4. The third kappa shape index (κ3) is 3.32. The molecule has 14 heavy (non-hydrogen) atoms. The molecule has 1 aliphatic rings. The van der Waals surface area contributed by atoms with Crippen LogP contribution in [0.5, 0.6) is 0 Å². The van der Waals surface area contributed by atoms with Gasteiger partial charge in [0.25, 0.3) is 0 Å². The predicted octanol–water partition coefficient (Wildman–Crippen LogP) is 3.31. The second-order valence-electron chi connectivity index (χ2n) is 4.96. The Bertz CT molecular complexity index is 187. The average Bonchev–Trinajstić information content (AvgIpc) is 2.15. The number of carboxylic acid groups (broad SMARTS) is 1. The van der Waals surface area contributed by atoms with Crippen molar-refractivity contribution >= 4 is 5.97 Å². The summed E-state index contributed by atoms with van der Waals surface area (Å²) in [5.41, 5.74) is 0. The topological polar surface area (TPSA) is 37.3 Å². The largest absolute Gasteiger partial charge is 0.481 e. The molecule has 1 N–H and O–H groups in total. The van der Waals surface area contributed by atoms with E-state index in [-0.39, 0.29) is 5.92 Å². The van der Waals surface area contributed by atoms with Crippen LogP contribution in [0, 0.1) is 17.8 Å². The van der Waals surface area contributed by atoms with E-state index in [2.05, 4.69) is 13.8 Å². The lowest BCUT2D eigenvalue weighted by atomic mass is 9.76. The lowest BCUT2D eigenvalue weighted by Gasteiger charge is -2.28. The third-order valence-corrected chi connectivity index (χ3v) is 3.34. The lowest BCUT2D eigenvalue weighted by molar-refractivity contribution is -0.145. The maximum absolute atomic E-state index is 11.0. The summed E-state index contributed by atoms with van der Waals surface area (Å²) in [6.07, 6.45) is 6.65. The number of hydrogen-bond donors (Lipinski definition) is 1. The minimum atomic E-state index is -0.571. The van der Waals surface area contributed by atoms with Crippen LogP contribution in [0.1, 0.15) is 52.4 Å².